The molecule has 0 amide bonds. The Morgan fingerprint density at radius 3 is 2.28 bits per heavy atom. The number of ketones is 1. The van der Waals surface area contributed by atoms with Gasteiger partial charge in [-0.3, -0.25) is 4.79 Å². The molecule has 2 nitrogen and oxygen atoms in total. The van der Waals surface area contributed by atoms with Crippen molar-refractivity contribution in [3.63, 3.8) is 0 Å². The van der Waals surface area contributed by atoms with E-state index < -0.39 is 23.0 Å². The molecule has 1 aromatic carbocycles. The van der Waals surface area contributed by atoms with E-state index in [1.807, 2.05) is 0 Å². The summed E-state index contributed by atoms with van der Waals surface area (Å²) in [5.41, 5.74) is -0.417. The molecule has 0 heterocycles. The van der Waals surface area contributed by atoms with Gasteiger partial charge in [0.15, 0.2) is 5.78 Å². The molecule has 0 aliphatic heterocycles. The van der Waals surface area contributed by atoms with Gasteiger partial charge >= 0.3 is 0 Å². The maximum atomic E-state index is 13.3. The molecule has 1 aromatic rings. The van der Waals surface area contributed by atoms with E-state index in [1.165, 1.54) is 6.07 Å². The van der Waals surface area contributed by atoms with Crippen LogP contribution in [0.4, 0.5) is 8.78 Å². The molecule has 1 rings (SSSR count). The van der Waals surface area contributed by atoms with Crippen molar-refractivity contribution in [3.8, 4) is 0 Å². The van der Waals surface area contributed by atoms with E-state index in [1.54, 1.807) is 0 Å². The average Bonchev–Trinajstić information content (AvgIpc) is 2.23. The molecule has 0 saturated heterocycles. The topological polar surface area (TPSA) is 26.3 Å². The van der Waals surface area contributed by atoms with Crippen molar-refractivity contribution in [2.24, 2.45) is 5.41 Å². The predicted octanol–water partition coefficient (Wildman–Crippen LogP) is 3.60. The largest absolute Gasteiger partial charge is 0.373 e. The van der Waals surface area contributed by atoms with Gasteiger partial charge in [-0.25, -0.2) is 8.78 Å². The van der Waals surface area contributed by atoms with Gasteiger partial charge in [-0.2, -0.15) is 0 Å². The Labute approximate surface area is 106 Å². The number of carbonyl (C=O) groups is 1. The van der Waals surface area contributed by atoms with Crippen LogP contribution in [0.1, 0.15) is 37.6 Å². The molecular formula is C14H18F2O2. The Kier molecular flexibility index (Phi) is 4.96. The lowest BCUT2D eigenvalue weighted by atomic mass is 9.93. The second kappa shape index (κ2) is 6.05. The summed E-state index contributed by atoms with van der Waals surface area (Å²) in [4.78, 5) is 11.6. The Hall–Kier alpha value is -1.29. The highest BCUT2D eigenvalue weighted by atomic mass is 19.1. The number of halogens is 2. The number of ether oxygens (including phenoxy) is 1. The standard InChI is InChI=1S/C14H18F2O2/c1-14(2,3)7-8-18-9-12(17)13-10(15)5-4-6-11(13)16/h4-6H,7-9H2,1-3H3. The summed E-state index contributed by atoms with van der Waals surface area (Å²) in [5, 5.41) is 0. The first-order valence-corrected chi connectivity index (χ1v) is 5.86. The second-order valence-corrected chi connectivity index (χ2v) is 5.38. The number of hydrogen-bond acceptors (Lipinski definition) is 2. The Bertz CT molecular complexity index is 402. The van der Waals surface area contributed by atoms with Gasteiger partial charge < -0.3 is 4.74 Å². The van der Waals surface area contributed by atoms with Crippen LogP contribution in [0.5, 0.6) is 0 Å². The summed E-state index contributed by atoms with van der Waals surface area (Å²) < 4.78 is 31.7. The molecule has 0 aliphatic carbocycles. The van der Waals surface area contributed by atoms with E-state index in [4.69, 9.17) is 4.74 Å². The minimum absolute atomic E-state index is 0.103. The van der Waals surface area contributed by atoms with Crippen LogP contribution >= 0.6 is 0 Å². The molecular weight excluding hydrogens is 238 g/mol. The maximum Gasteiger partial charge on any atom is 0.194 e. The first-order valence-electron chi connectivity index (χ1n) is 5.86. The zero-order valence-corrected chi connectivity index (χ0v) is 10.9. The zero-order valence-electron chi connectivity index (χ0n) is 10.9. The first kappa shape index (κ1) is 14.8. The van der Waals surface area contributed by atoms with Gasteiger partial charge in [-0.15, -0.1) is 0 Å². The van der Waals surface area contributed by atoms with E-state index in [0.717, 1.165) is 18.6 Å². The van der Waals surface area contributed by atoms with E-state index in [2.05, 4.69) is 20.8 Å². The van der Waals surface area contributed by atoms with Crippen molar-refractivity contribution < 1.29 is 18.3 Å². The van der Waals surface area contributed by atoms with Crippen LogP contribution in [0.2, 0.25) is 0 Å². The van der Waals surface area contributed by atoms with Crippen LogP contribution in [0, 0.1) is 17.0 Å². The predicted molar refractivity (Wildman–Crippen MR) is 65.6 cm³/mol. The fourth-order valence-corrected chi connectivity index (χ4v) is 1.38. The smallest absolute Gasteiger partial charge is 0.194 e. The summed E-state index contributed by atoms with van der Waals surface area (Å²) >= 11 is 0. The number of benzene rings is 1. The summed E-state index contributed by atoms with van der Waals surface area (Å²) in [5.74, 6) is -2.36. The van der Waals surface area contributed by atoms with Gasteiger partial charge in [0.1, 0.15) is 18.2 Å². The van der Waals surface area contributed by atoms with Gasteiger partial charge in [0, 0.05) is 6.61 Å². The highest BCUT2D eigenvalue weighted by Crippen LogP contribution is 2.18. The van der Waals surface area contributed by atoms with Gasteiger partial charge in [0.25, 0.3) is 0 Å². The summed E-state index contributed by atoms with van der Waals surface area (Å²) in [6.07, 6.45) is 0.778. The lowest BCUT2D eigenvalue weighted by Crippen LogP contribution is -2.16. The molecule has 0 unspecified atom stereocenters. The van der Waals surface area contributed by atoms with E-state index >= 15 is 0 Å². The third-order valence-corrected chi connectivity index (χ3v) is 2.47. The lowest BCUT2D eigenvalue weighted by Gasteiger charge is -2.17. The summed E-state index contributed by atoms with van der Waals surface area (Å²) in [6.45, 7) is 6.25. The van der Waals surface area contributed by atoms with Crippen LogP contribution in [0.3, 0.4) is 0 Å². The van der Waals surface area contributed by atoms with E-state index in [0.29, 0.717) is 6.61 Å². The zero-order chi connectivity index (χ0) is 13.8. The molecule has 0 radical (unpaired) electrons. The number of Topliss-reactive ketones (excluding diaryl/α,β-unsaturated/α-hetero) is 1. The molecule has 100 valence electrons. The molecule has 18 heavy (non-hydrogen) atoms. The molecule has 0 bridgehead atoms. The van der Waals surface area contributed by atoms with Crippen molar-refractivity contribution in [2.45, 2.75) is 27.2 Å². The van der Waals surface area contributed by atoms with Crippen LogP contribution in [-0.2, 0) is 4.74 Å². The van der Waals surface area contributed by atoms with Crippen LogP contribution in [0.25, 0.3) is 0 Å². The van der Waals surface area contributed by atoms with Crippen LogP contribution < -0.4 is 0 Å². The monoisotopic (exact) mass is 256 g/mol. The fourth-order valence-electron chi connectivity index (χ4n) is 1.38. The first-order chi connectivity index (χ1) is 8.31. The van der Waals surface area contributed by atoms with Crippen molar-refractivity contribution in [1.29, 1.82) is 0 Å². The Morgan fingerprint density at radius 2 is 1.78 bits per heavy atom. The van der Waals surface area contributed by atoms with Crippen LogP contribution in [0.15, 0.2) is 18.2 Å². The molecule has 4 heteroatoms. The average molecular weight is 256 g/mol. The summed E-state index contributed by atoms with van der Waals surface area (Å²) in [7, 11) is 0. The number of carbonyl (C=O) groups excluding carboxylic acids is 1. The Morgan fingerprint density at radius 1 is 1.22 bits per heavy atom. The molecule has 0 saturated carbocycles. The van der Waals surface area contributed by atoms with Gasteiger partial charge in [0.05, 0.1) is 5.56 Å². The highest BCUT2D eigenvalue weighted by Gasteiger charge is 2.17. The van der Waals surface area contributed by atoms with Gasteiger partial charge in [-0.1, -0.05) is 26.8 Å². The quantitative estimate of drug-likeness (QED) is 0.594. The fraction of sp³-hybridized carbons (Fsp3) is 0.500. The van der Waals surface area contributed by atoms with E-state index in [9.17, 15) is 13.6 Å². The van der Waals surface area contributed by atoms with Gasteiger partial charge in [-0.05, 0) is 24.0 Å². The highest BCUT2D eigenvalue weighted by molar-refractivity contribution is 5.97. The molecule has 0 fully saturated rings. The van der Waals surface area contributed by atoms with Crippen molar-refractivity contribution in [1.82, 2.24) is 0 Å². The number of rotatable bonds is 5. The lowest BCUT2D eigenvalue weighted by molar-refractivity contribution is 0.0697. The Balaban J connectivity index is 2.51. The summed E-state index contributed by atoms with van der Waals surface area (Å²) in [6, 6.07) is 3.35. The third-order valence-electron chi connectivity index (χ3n) is 2.47. The molecule has 0 atom stereocenters. The SMILES string of the molecule is CC(C)(C)CCOCC(=O)c1c(F)cccc1F. The van der Waals surface area contributed by atoms with E-state index in [-0.39, 0.29) is 12.0 Å². The molecule has 0 aliphatic rings. The molecule has 0 N–H and O–H groups in total. The van der Waals surface area contributed by atoms with Crippen molar-refractivity contribution in [3.05, 3.63) is 35.4 Å². The van der Waals surface area contributed by atoms with Crippen molar-refractivity contribution in [2.75, 3.05) is 13.2 Å². The van der Waals surface area contributed by atoms with Crippen LogP contribution in [-0.4, -0.2) is 19.0 Å². The number of hydrogen-bond donors (Lipinski definition) is 0. The molecule has 0 spiro atoms. The van der Waals surface area contributed by atoms with Gasteiger partial charge in [0.2, 0.25) is 0 Å². The normalized spacial score (nSPS) is 11.6. The van der Waals surface area contributed by atoms with Crippen molar-refractivity contribution >= 4 is 5.78 Å². The maximum absolute atomic E-state index is 13.3. The minimum Gasteiger partial charge on any atom is -0.373 e. The second-order valence-electron chi connectivity index (χ2n) is 5.38. The third kappa shape index (κ3) is 4.53. The molecule has 0 aromatic heterocycles. The minimum atomic E-state index is -0.848.